The molecule has 0 saturated carbocycles. The van der Waals surface area contributed by atoms with Crippen LogP contribution in [0.15, 0.2) is 12.1 Å². The Morgan fingerprint density at radius 1 is 1.55 bits per heavy atom. The van der Waals surface area contributed by atoms with Crippen molar-refractivity contribution in [2.45, 2.75) is 12.0 Å². The van der Waals surface area contributed by atoms with Gasteiger partial charge in [0.2, 0.25) is 0 Å². The van der Waals surface area contributed by atoms with Gasteiger partial charge in [0, 0.05) is 19.1 Å². The molecular formula is C11H13N3O6. The van der Waals surface area contributed by atoms with Crippen molar-refractivity contribution in [1.82, 2.24) is 9.88 Å². The molecule has 0 radical (unpaired) electrons. The number of carboxylic acid groups (broad SMARTS) is 1. The van der Waals surface area contributed by atoms with Gasteiger partial charge in [-0.1, -0.05) is 0 Å². The highest BCUT2D eigenvalue weighted by atomic mass is 16.6. The first-order chi connectivity index (χ1) is 9.37. The van der Waals surface area contributed by atoms with E-state index in [1.165, 1.54) is 19.2 Å². The summed E-state index contributed by atoms with van der Waals surface area (Å²) >= 11 is 0. The van der Waals surface area contributed by atoms with Gasteiger partial charge in [0.25, 0.3) is 5.91 Å². The van der Waals surface area contributed by atoms with Gasteiger partial charge in [0.1, 0.15) is 0 Å². The van der Waals surface area contributed by atoms with Crippen LogP contribution in [0.2, 0.25) is 0 Å². The lowest BCUT2D eigenvalue weighted by molar-refractivity contribution is -0.391. The molecule has 1 aromatic rings. The predicted molar refractivity (Wildman–Crippen MR) is 65.3 cm³/mol. The van der Waals surface area contributed by atoms with Crippen LogP contribution in [0.5, 0.6) is 0 Å². The Morgan fingerprint density at radius 2 is 2.25 bits per heavy atom. The molecule has 1 unspecified atom stereocenters. The van der Waals surface area contributed by atoms with Crippen LogP contribution in [0.4, 0.5) is 5.82 Å². The number of carboxylic acids is 1. The average molecular weight is 283 g/mol. The van der Waals surface area contributed by atoms with Crippen LogP contribution >= 0.6 is 0 Å². The molecule has 1 aromatic heterocycles. The topological polar surface area (TPSA) is 124 Å². The molecule has 0 aliphatic carbocycles. The third kappa shape index (κ3) is 2.23. The van der Waals surface area contributed by atoms with Crippen LogP contribution in [0, 0.1) is 10.1 Å². The van der Waals surface area contributed by atoms with Crippen molar-refractivity contribution in [3.05, 3.63) is 27.9 Å². The molecule has 1 saturated heterocycles. The number of aromatic nitrogens is 1. The molecule has 2 heterocycles. The zero-order valence-corrected chi connectivity index (χ0v) is 10.7. The Labute approximate surface area is 113 Å². The monoisotopic (exact) mass is 283 g/mol. The molecule has 2 N–H and O–H groups in total. The summed E-state index contributed by atoms with van der Waals surface area (Å²) in [7, 11) is 1.37. The highest BCUT2D eigenvalue weighted by molar-refractivity contribution is 5.97. The number of nitro groups is 1. The lowest BCUT2D eigenvalue weighted by atomic mass is 9.99. The zero-order chi connectivity index (χ0) is 14.9. The third-order valence-electron chi connectivity index (χ3n) is 3.30. The number of hydrogen-bond donors (Lipinski definition) is 2. The molecule has 0 aromatic carbocycles. The maximum Gasteiger partial charge on any atom is 0.331 e. The van der Waals surface area contributed by atoms with Crippen LogP contribution < -0.4 is 5.32 Å². The van der Waals surface area contributed by atoms with E-state index >= 15 is 0 Å². The van der Waals surface area contributed by atoms with E-state index in [0.29, 0.717) is 0 Å². The minimum atomic E-state index is -1.48. The molecule has 1 aliphatic heterocycles. The van der Waals surface area contributed by atoms with Gasteiger partial charge in [-0.25, -0.2) is 9.36 Å². The van der Waals surface area contributed by atoms with Gasteiger partial charge in [-0.2, -0.15) is 0 Å². The summed E-state index contributed by atoms with van der Waals surface area (Å²) in [6, 6.07) is 2.46. The second kappa shape index (κ2) is 4.93. The Balaban J connectivity index is 2.24. The molecule has 0 spiro atoms. The minimum Gasteiger partial charge on any atom is -0.479 e. The summed E-state index contributed by atoms with van der Waals surface area (Å²) in [6.45, 7) is 0.112. The third-order valence-corrected chi connectivity index (χ3v) is 3.30. The fraction of sp³-hybridized carbons (Fsp3) is 0.455. The van der Waals surface area contributed by atoms with E-state index in [1.807, 2.05) is 0 Å². The standard InChI is InChI=1S/C11H13N3O6/c1-13-7(2-3-8(13)14(18)19)9(15)12-11(10(16)17)4-5-20-6-11/h2-3H,4-6H2,1H3,(H,12,15)(H,16,17). The maximum atomic E-state index is 12.1. The molecule has 108 valence electrons. The first-order valence-corrected chi connectivity index (χ1v) is 5.81. The van der Waals surface area contributed by atoms with Crippen LogP contribution in [0.1, 0.15) is 16.9 Å². The van der Waals surface area contributed by atoms with Crippen LogP contribution in [0.3, 0.4) is 0 Å². The van der Waals surface area contributed by atoms with Crippen molar-refractivity contribution in [2.75, 3.05) is 13.2 Å². The zero-order valence-electron chi connectivity index (χ0n) is 10.7. The Morgan fingerprint density at radius 3 is 2.70 bits per heavy atom. The van der Waals surface area contributed by atoms with Crippen molar-refractivity contribution in [3.8, 4) is 0 Å². The van der Waals surface area contributed by atoms with Gasteiger partial charge in [-0.3, -0.25) is 4.79 Å². The Kier molecular flexibility index (Phi) is 3.45. The largest absolute Gasteiger partial charge is 0.479 e. The van der Waals surface area contributed by atoms with Crippen molar-refractivity contribution in [3.63, 3.8) is 0 Å². The number of nitrogens with one attached hydrogen (secondary N) is 1. The number of carbonyl (C=O) groups is 2. The lowest BCUT2D eigenvalue weighted by Crippen LogP contribution is -2.55. The summed E-state index contributed by atoms with van der Waals surface area (Å²) in [4.78, 5) is 33.5. The Hall–Kier alpha value is -2.42. The van der Waals surface area contributed by atoms with E-state index in [0.717, 1.165) is 4.57 Å². The van der Waals surface area contributed by atoms with Crippen molar-refractivity contribution in [1.29, 1.82) is 0 Å². The van der Waals surface area contributed by atoms with Gasteiger partial charge < -0.3 is 25.3 Å². The SMILES string of the molecule is Cn1c(C(=O)NC2(C(=O)O)CCOC2)ccc1[N+](=O)[O-]. The van der Waals surface area contributed by atoms with Crippen LogP contribution in [0.25, 0.3) is 0 Å². The van der Waals surface area contributed by atoms with Gasteiger partial charge in [0.05, 0.1) is 13.7 Å². The van der Waals surface area contributed by atoms with Gasteiger partial charge in [-0.15, -0.1) is 0 Å². The predicted octanol–water partition coefficient (Wildman–Crippen LogP) is -0.0932. The van der Waals surface area contributed by atoms with E-state index in [1.54, 1.807) is 0 Å². The maximum absolute atomic E-state index is 12.1. The summed E-state index contributed by atoms with van der Waals surface area (Å²) in [5.41, 5.74) is -1.46. The highest BCUT2D eigenvalue weighted by Crippen LogP contribution is 2.21. The lowest BCUT2D eigenvalue weighted by Gasteiger charge is -2.23. The molecule has 1 aliphatic rings. The number of rotatable bonds is 4. The van der Waals surface area contributed by atoms with Gasteiger partial charge in [0.15, 0.2) is 11.2 Å². The summed E-state index contributed by atoms with van der Waals surface area (Å²) in [6.07, 6.45) is 0.153. The highest BCUT2D eigenvalue weighted by Gasteiger charge is 2.44. The second-order valence-electron chi connectivity index (χ2n) is 4.54. The minimum absolute atomic E-state index is 0.0178. The van der Waals surface area contributed by atoms with Crippen LogP contribution in [-0.2, 0) is 16.6 Å². The molecule has 2 rings (SSSR count). The molecule has 1 amide bonds. The number of amides is 1. The first kappa shape index (κ1) is 14.0. The Bertz CT molecular complexity index is 573. The van der Waals surface area contributed by atoms with Crippen molar-refractivity contribution >= 4 is 17.7 Å². The number of hydrogen-bond acceptors (Lipinski definition) is 5. The first-order valence-electron chi connectivity index (χ1n) is 5.81. The van der Waals surface area contributed by atoms with Crippen molar-refractivity contribution < 1.29 is 24.4 Å². The number of aliphatic carboxylic acids is 1. The van der Waals surface area contributed by atoms with Gasteiger partial charge in [-0.05, 0) is 11.0 Å². The van der Waals surface area contributed by atoms with Crippen LogP contribution in [-0.4, -0.2) is 45.2 Å². The summed E-state index contributed by atoms with van der Waals surface area (Å²) < 4.78 is 6.12. The second-order valence-corrected chi connectivity index (χ2v) is 4.54. The van der Waals surface area contributed by atoms with E-state index in [2.05, 4.69) is 5.32 Å². The summed E-state index contributed by atoms with van der Waals surface area (Å²) in [5.74, 6) is -2.12. The number of nitrogens with zero attached hydrogens (tertiary/aromatic N) is 2. The molecule has 0 bridgehead atoms. The van der Waals surface area contributed by atoms with E-state index < -0.39 is 22.3 Å². The molecule has 1 atom stereocenters. The number of ether oxygens (including phenoxy) is 1. The average Bonchev–Trinajstić information content (AvgIpc) is 2.96. The normalized spacial score (nSPS) is 21.6. The molecule has 9 heteroatoms. The van der Waals surface area contributed by atoms with Gasteiger partial charge >= 0.3 is 11.8 Å². The van der Waals surface area contributed by atoms with E-state index in [4.69, 9.17) is 4.74 Å². The quantitative estimate of drug-likeness (QED) is 0.587. The molecular weight excluding hydrogens is 270 g/mol. The fourth-order valence-electron chi connectivity index (χ4n) is 2.08. The van der Waals surface area contributed by atoms with E-state index in [9.17, 15) is 24.8 Å². The number of carbonyl (C=O) groups excluding carboxylic acids is 1. The molecule has 1 fully saturated rings. The molecule has 20 heavy (non-hydrogen) atoms. The van der Waals surface area contributed by atoms with Crippen molar-refractivity contribution in [2.24, 2.45) is 7.05 Å². The fourth-order valence-corrected chi connectivity index (χ4v) is 2.08. The summed E-state index contributed by atoms with van der Waals surface area (Å²) in [5, 5.41) is 22.3. The smallest absolute Gasteiger partial charge is 0.331 e. The van der Waals surface area contributed by atoms with E-state index in [-0.39, 0.29) is 31.1 Å². The molecule has 9 nitrogen and oxygen atoms in total.